The third kappa shape index (κ3) is 3.40. The second-order valence-electron chi connectivity index (χ2n) is 5.56. The summed E-state index contributed by atoms with van der Waals surface area (Å²) in [6.07, 6.45) is 0. The Hall–Kier alpha value is -1.49. The number of Topliss-reactive ketones (excluding diaryl/α,β-unsaturated/α-hetero) is 1. The van der Waals surface area contributed by atoms with Crippen molar-refractivity contribution in [2.75, 3.05) is 33.2 Å². The number of thiophene rings is 1. The van der Waals surface area contributed by atoms with Crippen LogP contribution >= 0.6 is 11.3 Å². The van der Waals surface area contributed by atoms with E-state index in [4.69, 9.17) is 0 Å². The monoisotopic (exact) mass is 300 g/mol. The molecule has 0 amide bonds. The van der Waals surface area contributed by atoms with E-state index in [9.17, 15) is 4.79 Å². The highest BCUT2D eigenvalue weighted by atomic mass is 32.1. The van der Waals surface area contributed by atoms with Gasteiger partial charge in [0.05, 0.1) is 11.4 Å². The van der Waals surface area contributed by atoms with E-state index >= 15 is 0 Å². The zero-order chi connectivity index (χ0) is 14.7. The lowest BCUT2D eigenvalue weighted by Crippen LogP contribution is -2.48. The Morgan fingerprint density at radius 2 is 2.00 bits per heavy atom. The molecule has 2 aromatic rings. The molecule has 1 saturated heterocycles. The number of ketones is 1. The van der Waals surface area contributed by atoms with Crippen LogP contribution < -0.4 is 0 Å². The molecule has 3 rings (SSSR count). The second-order valence-corrected chi connectivity index (χ2v) is 6.51. The van der Waals surface area contributed by atoms with Gasteiger partial charge in [-0.1, -0.05) is 36.4 Å². The van der Waals surface area contributed by atoms with Gasteiger partial charge in [-0.2, -0.15) is 0 Å². The molecular weight excluding hydrogens is 280 g/mol. The van der Waals surface area contributed by atoms with Crippen molar-refractivity contribution in [2.45, 2.75) is 6.04 Å². The lowest BCUT2D eigenvalue weighted by Gasteiger charge is -2.39. The molecule has 1 atom stereocenters. The molecular formula is C17H20N2OS. The number of hydrogen-bond donors (Lipinski definition) is 0. The van der Waals surface area contributed by atoms with Gasteiger partial charge in [0.15, 0.2) is 5.78 Å². The molecule has 1 fully saturated rings. The maximum Gasteiger partial charge on any atom is 0.186 e. The van der Waals surface area contributed by atoms with Crippen LogP contribution in [0.15, 0.2) is 47.8 Å². The van der Waals surface area contributed by atoms with Crippen LogP contribution in [0, 0.1) is 0 Å². The van der Waals surface area contributed by atoms with Crippen molar-refractivity contribution in [1.29, 1.82) is 0 Å². The minimum absolute atomic E-state index is 0.232. The number of benzene rings is 1. The van der Waals surface area contributed by atoms with E-state index in [0.717, 1.165) is 24.5 Å². The number of carbonyl (C=O) groups excluding carboxylic acids is 1. The van der Waals surface area contributed by atoms with Crippen molar-refractivity contribution < 1.29 is 4.79 Å². The van der Waals surface area contributed by atoms with E-state index in [1.54, 1.807) is 0 Å². The fourth-order valence-electron chi connectivity index (χ4n) is 2.84. The number of likely N-dealkylation sites (N-methyl/N-ethyl adjacent to an activating group) is 1. The number of piperazine rings is 1. The second kappa shape index (κ2) is 6.52. The number of nitrogens with zero attached hydrogens (tertiary/aromatic N) is 2. The lowest BCUT2D eigenvalue weighted by molar-refractivity contribution is 0.0706. The van der Waals surface area contributed by atoms with Gasteiger partial charge in [0, 0.05) is 25.7 Å². The summed E-state index contributed by atoms with van der Waals surface area (Å²) < 4.78 is 0. The number of rotatable bonds is 4. The fraction of sp³-hybridized carbons (Fsp3) is 0.353. The molecule has 110 valence electrons. The van der Waals surface area contributed by atoms with Gasteiger partial charge in [0.25, 0.3) is 0 Å². The van der Waals surface area contributed by atoms with Crippen LogP contribution in [0.4, 0.5) is 0 Å². The van der Waals surface area contributed by atoms with E-state index in [2.05, 4.69) is 41.1 Å². The quantitative estimate of drug-likeness (QED) is 0.811. The molecule has 0 aliphatic carbocycles. The summed E-state index contributed by atoms with van der Waals surface area (Å²) in [6.45, 7) is 3.43. The fourth-order valence-corrected chi connectivity index (χ4v) is 3.49. The topological polar surface area (TPSA) is 23.6 Å². The maximum absolute atomic E-state index is 12.4. The summed E-state index contributed by atoms with van der Waals surface area (Å²) in [7, 11) is 2.15. The van der Waals surface area contributed by atoms with Crippen molar-refractivity contribution in [1.82, 2.24) is 9.80 Å². The normalized spacial score (nSPS) is 20.5. The van der Waals surface area contributed by atoms with Gasteiger partial charge >= 0.3 is 0 Å². The summed E-state index contributed by atoms with van der Waals surface area (Å²) in [5.74, 6) is 0.232. The van der Waals surface area contributed by atoms with Crippen LogP contribution in [0.5, 0.6) is 0 Å². The summed E-state index contributed by atoms with van der Waals surface area (Å²) >= 11 is 1.53. The van der Waals surface area contributed by atoms with Crippen molar-refractivity contribution >= 4 is 17.1 Å². The molecule has 0 radical (unpaired) electrons. The zero-order valence-corrected chi connectivity index (χ0v) is 13.1. The first-order chi connectivity index (χ1) is 10.2. The van der Waals surface area contributed by atoms with Crippen molar-refractivity contribution in [3.05, 3.63) is 58.3 Å². The largest absolute Gasteiger partial charge is 0.303 e. The standard InChI is InChI=1S/C17H20N2OS/c1-18-9-10-19(13-16(20)17-8-5-11-21-17)15(12-18)14-6-3-2-4-7-14/h2-8,11,15H,9-10,12-13H2,1H3. The predicted octanol–water partition coefficient (Wildman–Crippen LogP) is 2.92. The highest BCUT2D eigenvalue weighted by Gasteiger charge is 2.28. The molecule has 0 N–H and O–H groups in total. The molecule has 21 heavy (non-hydrogen) atoms. The molecule has 0 spiro atoms. The van der Waals surface area contributed by atoms with Gasteiger partial charge in [-0.25, -0.2) is 0 Å². The highest BCUT2D eigenvalue weighted by Crippen LogP contribution is 2.25. The minimum Gasteiger partial charge on any atom is -0.303 e. The van der Waals surface area contributed by atoms with Gasteiger partial charge < -0.3 is 4.90 Å². The SMILES string of the molecule is CN1CCN(CC(=O)c2cccs2)C(c2ccccc2)C1. The third-order valence-corrected chi connectivity index (χ3v) is 4.93. The molecule has 1 unspecified atom stereocenters. The Balaban J connectivity index is 1.77. The van der Waals surface area contributed by atoms with Gasteiger partial charge in [0.2, 0.25) is 0 Å². The van der Waals surface area contributed by atoms with E-state index in [1.165, 1.54) is 16.9 Å². The molecule has 1 aromatic heterocycles. The molecule has 1 aromatic carbocycles. The average Bonchev–Trinajstić information content (AvgIpc) is 3.04. The smallest absolute Gasteiger partial charge is 0.186 e. The van der Waals surface area contributed by atoms with E-state index in [-0.39, 0.29) is 5.78 Å². The molecule has 1 aliphatic heterocycles. The average molecular weight is 300 g/mol. The van der Waals surface area contributed by atoms with Crippen LogP contribution in [-0.2, 0) is 0 Å². The van der Waals surface area contributed by atoms with Crippen LogP contribution in [-0.4, -0.2) is 48.8 Å². The summed E-state index contributed by atoms with van der Waals surface area (Å²) in [5, 5.41) is 1.96. The highest BCUT2D eigenvalue weighted by molar-refractivity contribution is 7.12. The minimum atomic E-state index is 0.232. The molecule has 1 aliphatic rings. The van der Waals surface area contributed by atoms with Crippen LogP contribution in [0.3, 0.4) is 0 Å². The van der Waals surface area contributed by atoms with Crippen molar-refractivity contribution in [3.8, 4) is 0 Å². The van der Waals surface area contributed by atoms with Crippen molar-refractivity contribution in [2.24, 2.45) is 0 Å². The maximum atomic E-state index is 12.4. The van der Waals surface area contributed by atoms with E-state index in [0.29, 0.717) is 12.6 Å². The Bertz CT molecular complexity index is 582. The predicted molar refractivity (Wildman–Crippen MR) is 86.9 cm³/mol. The Morgan fingerprint density at radius 1 is 1.19 bits per heavy atom. The van der Waals surface area contributed by atoms with E-state index in [1.807, 2.05) is 23.6 Å². The van der Waals surface area contributed by atoms with Crippen LogP contribution in [0.1, 0.15) is 21.3 Å². The van der Waals surface area contributed by atoms with Gasteiger partial charge in [0.1, 0.15) is 0 Å². The Kier molecular flexibility index (Phi) is 4.48. The van der Waals surface area contributed by atoms with Gasteiger partial charge in [-0.15, -0.1) is 11.3 Å². The molecule has 0 saturated carbocycles. The number of carbonyl (C=O) groups is 1. The lowest BCUT2D eigenvalue weighted by atomic mass is 10.0. The van der Waals surface area contributed by atoms with Gasteiger partial charge in [-0.3, -0.25) is 9.69 Å². The molecule has 0 bridgehead atoms. The third-order valence-electron chi connectivity index (χ3n) is 4.02. The molecule has 3 nitrogen and oxygen atoms in total. The number of hydrogen-bond acceptors (Lipinski definition) is 4. The van der Waals surface area contributed by atoms with E-state index < -0.39 is 0 Å². The van der Waals surface area contributed by atoms with Crippen molar-refractivity contribution in [3.63, 3.8) is 0 Å². The molecule has 2 heterocycles. The first-order valence-corrected chi connectivity index (χ1v) is 8.16. The Morgan fingerprint density at radius 3 is 2.71 bits per heavy atom. The summed E-state index contributed by atoms with van der Waals surface area (Å²) in [6, 6.07) is 14.7. The first kappa shape index (κ1) is 14.4. The van der Waals surface area contributed by atoms with Crippen LogP contribution in [0.2, 0.25) is 0 Å². The Labute approximate surface area is 129 Å². The van der Waals surface area contributed by atoms with Gasteiger partial charge in [-0.05, 0) is 24.1 Å². The zero-order valence-electron chi connectivity index (χ0n) is 12.2. The summed E-state index contributed by atoms with van der Waals surface area (Å²) in [5.41, 5.74) is 1.29. The molecule has 4 heteroatoms. The summed E-state index contributed by atoms with van der Waals surface area (Å²) in [4.78, 5) is 17.9. The first-order valence-electron chi connectivity index (χ1n) is 7.28. The van der Waals surface area contributed by atoms with Crippen LogP contribution in [0.25, 0.3) is 0 Å².